The largest absolute Gasteiger partial charge is 0.347 e. The second-order valence-electron chi connectivity index (χ2n) is 6.83. The normalized spacial score (nSPS) is 21.2. The summed E-state index contributed by atoms with van der Waals surface area (Å²) in [6.07, 6.45) is 4.40. The molecule has 2 nitrogen and oxygen atoms in total. The molecule has 1 aliphatic heterocycles. The van der Waals surface area contributed by atoms with Crippen LogP contribution in [0.1, 0.15) is 40.2 Å². The molecule has 2 heterocycles. The SMILES string of the molecule is Cc1ccc([C@H]2Sc3ccccc3N2C2CCc3ccccc32)cn1. The van der Waals surface area contributed by atoms with Gasteiger partial charge in [-0.1, -0.05) is 54.2 Å². The second kappa shape index (κ2) is 5.92. The number of benzene rings is 2. The van der Waals surface area contributed by atoms with Gasteiger partial charge in [0.1, 0.15) is 5.37 Å². The van der Waals surface area contributed by atoms with Crippen LogP contribution in [0.5, 0.6) is 0 Å². The van der Waals surface area contributed by atoms with E-state index in [-0.39, 0.29) is 0 Å². The number of aromatic nitrogens is 1. The third kappa shape index (κ3) is 2.46. The van der Waals surface area contributed by atoms with Gasteiger partial charge in [-0.05, 0) is 49.1 Å². The summed E-state index contributed by atoms with van der Waals surface area (Å²) in [7, 11) is 0. The predicted molar refractivity (Wildman–Crippen MR) is 104 cm³/mol. The Morgan fingerprint density at radius 3 is 2.72 bits per heavy atom. The van der Waals surface area contributed by atoms with Gasteiger partial charge in [-0.15, -0.1) is 0 Å². The van der Waals surface area contributed by atoms with E-state index in [1.54, 1.807) is 0 Å². The number of aryl methyl sites for hydroxylation is 2. The van der Waals surface area contributed by atoms with Gasteiger partial charge < -0.3 is 4.90 Å². The fourth-order valence-electron chi connectivity index (χ4n) is 4.08. The molecular formula is C22H20N2S. The molecule has 5 rings (SSSR count). The van der Waals surface area contributed by atoms with Gasteiger partial charge in [-0.2, -0.15) is 0 Å². The second-order valence-corrected chi connectivity index (χ2v) is 7.95. The van der Waals surface area contributed by atoms with E-state index in [2.05, 4.69) is 70.5 Å². The Labute approximate surface area is 152 Å². The van der Waals surface area contributed by atoms with Crippen LogP contribution in [0.25, 0.3) is 0 Å². The maximum absolute atomic E-state index is 4.55. The fraction of sp³-hybridized carbons (Fsp3) is 0.227. The van der Waals surface area contributed by atoms with Crippen molar-refractivity contribution in [3.63, 3.8) is 0 Å². The lowest BCUT2D eigenvalue weighted by atomic mass is 10.0. The molecule has 0 radical (unpaired) electrons. The van der Waals surface area contributed by atoms with Crippen molar-refractivity contribution in [2.24, 2.45) is 0 Å². The molecule has 0 spiro atoms. The summed E-state index contributed by atoms with van der Waals surface area (Å²) >= 11 is 1.95. The van der Waals surface area contributed by atoms with E-state index in [1.807, 2.05) is 24.9 Å². The lowest BCUT2D eigenvalue weighted by Gasteiger charge is -2.33. The molecule has 124 valence electrons. The van der Waals surface area contributed by atoms with Gasteiger partial charge in [-0.3, -0.25) is 4.98 Å². The van der Waals surface area contributed by atoms with Crippen molar-refractivity contribution in [3.8, 4) is 0 Å². The molecule has 0 saturated carbocycles. The lowest BCUT2D eigenvalue weighted by Crippen LogP contribution is -2.27. The summed E-state index contributed by atoms with van der Waals surface area (Å²) in [4.78, 5) is 8.55. The summed E-state index contributed by atoms with van der Waals surface area (Å²) in [6.45, 7) is 2.05. The monoisotopic (exact) mass is 344 g/mol. The number of thioether (sulfide) groups is 1. The van der Waals surface area contributed by atoms with Crippen LogP contribution >= 0.6 is 11.8 Å². The third-order valence-corrected chi connectivity index (χ3v) is 6.61. The van der Waals surface area contributed by atoms with E-state index in [1.165, 1.54) is 40.1 Å². The summed E-state index contributed by atoms with van der Waals surface area (Å²) in [6, 6.07) is 22.5. The van der Waals surface area contributed by atoms with Gasteiger partial charge >= 0.3 is 0 Å². The van der Waals surface area contributed by atoms with Crippen molar-refractivity contribution in [2.75, 3.05) is 4.90 Å². The molecule has 1 unspecified atom stereocenters. The molecule has 0 amide bonds. The minimum atomic E-state index is 0.293. The fourth-order valence-corrected chi connectivity index (χ4v) is 5.42. The molecule has 0 N–H and O–H groups in total. The number of fused-ring (bicyclic) bond motifs is 2. The van der Waals surface area contributed by atoms with Crippen molar-refractivity contribution in [1.82, 2.24) is 4.98 Å². The molecule has 0 saturated heterocycles. The minimum Gasteiger partial charge on any atom is -0.347 e. The number of anilines is 1. The Morgan fingerprint density at radius 2 is 1.84 bits per heavy atom. The Balaban J connectivity index is 1.62. The quantitative estimate of drug-likeness (QED) is 0.594. The van der Waals surface area contributed by atoms with Gasteiger partial charge in [0.25, 0.3) is 0 Å². The van der Waals surface area contributed by atoms with E-state index in [0.29, 0.717) is 11.4 Å². The Hall–Kier alpha value is -2.26. The number of hydrogen-bond donors (Lipinski definition) is 0. The molecule has 2 aliphatic rings. The maximum Gasteiger partial charge on any atom is 0.107 e. The highest BCUT2D eigenvalue weighted by atomic mass is 32.2. The van der Waals surface area contributed by atoms with Crippen LogP contribution in [0.4, 0.5) is 5.69 Å². The molecule has 2 aromatic carbocycles. The van der Waals surface area contributed by atoms with E-state index < -0.39 is 0 Å². The molecule has 1 aromatic heterocycles. The van der Waals surface area contributed by atoms with Gasteiger partial charge in [0.2, 0.25) is 0 Å². The predicted octanol–water partition coefficient (Wildman–Crippen LogP) is 5.69. The highest BCUT2D eigenvalue weighted by Crippen LogP contribution is 2.56. The Morgan fingerprint density at radius 1 is 1.00 bits per heavy atom. The standard InChI is InChI=1S/C22H20N2S/c1-15-10-11-17(14-23-15)22-24(20-8-4-5-9-21(20)25-22)19-13-12-16-6-2-3-7-18(16)19/h2-11,14,19,22H,12-13H2,1H3/t19?,22-/m1/s1. The van der Waals surface area contributed by atoms with Gasteiger partial charge in [0.05, 0.1) is 11.7 Å². The zero-order valence-corrected chi connectivity index (χ0v) is 15.0. The van der Waals surface area contributed by atoms with Crippen LogP contribution in [0, 0.1) is 6.92 Å². The zero-order valence-electron chi connectivity index (χ0n) is 14.2. The van der Waals surface area contributed by atoms with Gasteiger partial charge in [0, 0.05) is 22.3 Å². The van der Waals surface area contributed by atoms with E-state index in [9.17, 15) is 0 Å². The maximum atomic E-state index is 4.55. The Kier molecular flexibility index (Phi) is 3.56. The van der Waals surface area contributed by atoms with E-state index in [4.69, 9.17) is 0 Å². The number of para-hydroxylation sites is 1. The van der Waals surface area contributed by atoms with Crippen LogP contribution in [0.15, 0.2) is 71.8 Å². The highest BCUT2D eigenvalue weighted by Gasteiger charge is 2.39. The number of rotatable bonds is 2. The molecule has 3 aromatic rings. The molecule has 3 heteroatoms. The summed E-state index contributed by atoms with van der Waals surface area (Å²) in [5.74, 6) is 0. The highest BCUT2D eigenvalue weighted by molar-refractivity contribution is 8.00. The van der Waals surface area contributed by atoms with Crippen molar-refractivity contribution in [3.05, 3.63) is 89.2 Å². The number of nitrogens with zero attached hydrogens (tertiary/aromatic N) is 2. The van der Waals surface area contributed by atoms with Crippen molar-refractivity contribution in [2.45, 2.75) is 36.1 Å². The first-order valence-electron chi connectivity index (χ1n) is 8.85. The van der Waals surface area contributed by atoms with E-state index in [0.717, 1.165) is 5.69 Å². The van der Waals surface area contributed by atoms with Crippen LogP contribution in [0.2, 0.25) is 0 Å². The average molecular weight is 344 g/mol. The smallest absolute Gasteiger partial charge is 0.107 e. The summed E-state index contributed by atoms with van der Waals surface area (Å²) < 4.78 is 0. The van der Waals surface area contributed by atoms with Crippen LogP contribution in [0.3, 0.4) is 0 Å². The Bertz CT molecular complexity index is 919. The number of pyridine rings is 1. The zero-order chi connectivity index (χ0) is 16.8. The molecule has 1 aliphatic carbocycles. The molecule has 0 fully saturated rings. The van der Waals surface area contributed by atoms with Crippen LogP contribution in [-0.4, -0.2) is 4.98 Å². The van der Waals surface area contributed by atoms with Gasteiger partial charge in [0.15, 0.2) is 0 Å². The first-order chi connectivity index (χ1) is 12.3. The van der Waals surface area contributed by atoms with Crippen LogP contribution in [-0.2, 0) is 6.42 Å². The summed E-state index contributed by atoms with van der Waals surface area (Å²) in [5, 5.41) is 0.293. The van der Waals surface area contributed by atoms with Crippen molar-refractivity contribution < 1.29 is 0 Å². The van der Waals surface area contributed by atoms with Crippen molar-refractivity contribution >= 4 is 17.4 Å². The van der Waals surface area contributed by atoms with Crippen LogP contribution < -0.4 is 4.90 Å². The summed E-state index contributed by atoms with van der Waals surface area (Å²) in [5.41, 5.74) is 6.71. The van der Waals surface area contributed by atoms with Gasteiger partial charge in [-0.25, -0.2) is 0 Å². The third-order valence-electron chi connectivity index (χ3n) is 5.29. The molecule has 25 heavy (non-hydrogen) atoms. The molecular weight excluding hydrogens is 324 g/mol. The van der Waals surface area contributed by atoms with Crippen molar-refractivity contribution in [1.29, 1.82) is 0 Å². The number of hydrogen-bond acceptors (Lipinski definition) is 3. The molecule has 2 atom stereocenters. The van der Waals surface area contributed by atoms with E-state index >= 15 is 0 Å². The lowest BCUT2D eigenvalue weighted by molar-refractivity contribution is 0.609. The first kappa shape index (κ1) is 15.0. The first-order valence-corrected chi connectivity index (χ1v) is 9.73. The minimum absolute atomic E-state index is 0.293. The molecule has 0 bridgehead atoms. The average Bonchev–Trinajstić information content (AvgIpc) is 3.23. The topological polar surface area (TPSA) is 16.1 Å².